The predicted molar refractivity (Wildman–Crippen MR) is 73.0 cm³/mol. The van der Waals surface area contributed by atoms with E-state index in [9.17, 15) is 9.50 Å². The molecule has 0 saturated heterocycles. The highest BCUT2D eigenvalue weighted by molar-refractivity contribution is 9.10. The van der Waals surface area contributed by atoms with E-state index in [0.29, 0.717) is 16.9 Å². The fourth-order valence-corrected chi connectivity index (χ4v) is 2.89. The highest BCUT2D eigenvalue weighted by Crippen LogP contribution is 2.32. The molecular weight excluding hydrogens is 299 g/mol. The van der Waals surface area contributed by atoms with E-state index in [1.54, 1.807) is 6.20 Å². The lowest BCUT2D eigenvalue weighted by Gasteiger charge is -2.35. The van der Waals surface area contributed by atoms with Crippen LogP contribution >= 0.6 is 15.9 Å². The van der Waals surface area contributed by atoms with Crippen LogP contribution in [0, 0.1) is 11.7 Å². The molecule has 0 spiro atoms. The van der Waals surface area contributed by atoms with Crippen LogP contribution in [0.4, 0.5) is 10.2 Å². The largest absolute Gasteiger partial charge is 0.388 e. The van der Waals surface area contributed by atoms with Gasteiger partial charge < -0.3 is 10.4 Å². The summed E-state index contributed by atoms with van der Waals surface area (Å²) in [6.07, 6.45) is 5.25. The summed E-state index contributed by atoms with van der Waals surface area (Å²) in [5.74, 6) is 0.315. The minimum atomic E-state index is -0.737. The van der Waals surface area contributed by atoms with E-state index in [4.69, 9.17) is 0 Å². The monoisotopic (exact) mass is 316 g/mol. The Morgan fingerprint density at radius 3 is 3.11 bits per heavy atom. The van der Waals surface area contributed by atoms with Crippen LogP contribution < -0.4 is 5.32 Å². The first-order valence-corrected chi connectivity index (χ1v) is 7.05. The maximum atomic E-state index is 13.6. The molecule has 1 heterocycles. The average molecular weight is 317 g/mol. The molecule has 1 saturated carbocycles. The first kappa shape index (κ1) is 13.7. The first-order chi connectivity index (χ1) is 8.48. The zero-order chi connectivity index (χ0) is 13.2. The van der Waals surface area contributed by atoms with Gasteiger partial charge in [-0.15, -0.1) is 0 Å². The smallest absolute Gasteiger partial charge is 0.166 e. The molecule has 18 heavy (non-hydrogen) atoms. The van der Waals surface area contributed by atoms with Crippen molar-refractivity contribution in [3.63, 3.8) is 0 Å². The molecule has 100 valence electrons. The minimum absolute atomic E-state index is 0.199. The topological polar surface area (TPSA) is 45.1 Å². The molecule has 1 aliphatic carbocycles. The number of pyridine rings is 1. The molecule has 0 aliphatic heterocycles. The molecule has 1 aromatic rings. The fraction of sp³-hybridized carbons (Fsp3) is 0.615. The highest BCUT2D eigenvalue weighted by atomic mass is 79.9. The number of nitrogens with one attached hydrogen (secondary N) is 1. The molecule has 2 rings (SSSR count). The molecule has 1 fully saturated rings. The first-order valence-electron chi connectivity index (χ1n) is 6.26. The Balaban J connectivity index is 1.98. The summed E-state index contributed by atoms with van der Waals surface area (Å²) in [6, 6.07) is 1.36. The van der Waals surface area contributed by atoms with Gasteiger partial charge in [-0.1, -0.05) is 19.8 Å². The Kier molecular flexibility index (Phi) is 4.22. The molecular formula is C13H18BrFN2O. The van der Waals surface area contributed by atoms with Crippen molar-refractivity contribution in [1.82, 2.24) is 4.98 Å². The van der Waals surface area contributed by atoms with Gasteiger partial charge in [-0.3, -0.25) is 0 Å². The highest BCUT2D eigenvalue weighted by Gasteiger charge is 2.32. The normalized spacial score (nSPS) is 28.1. The summed E-state index contributed by atoms with van der Waals surface area (Å²) >= 11 is 3.16. The Labute approximate surface area is 115 Å². The number of rotatable bonds is 3. The third-order valence-corrected chi connectivity index (χ3v) is 3.89. The Bertz CT molecular complexity index is 429. The van der Waals surface area contributed by atoms with Gasteiger partial charge in [-0.25, -0.2) is 9.37 Å². The van der Waals surface area contributed by atoms with Gasteiger partial charge in [0.05, 0.1) is 5.60 Å². The molecule has 2 N–H and O–H groups in total. The van der Waals surface area contributed by atoms with E-state index in [1.807, 2.05) is 0 Å². The number of aromatic nitrogens is 1. The third-order valence-electron chi connectivity index (χ3n) is 3.46. The molecule has 0 radical (unpaired) electrons. The quantitative estimate of drug-likeness (QED) is 0.899. The summed E-state index contributed by atoms with van der Waals surface area (Å²) in [5.41, 5.74) is -0.737. The van der Waals surface area contributed by atoms with Gasteiger partial charge in [0, 0.05) is 17.2 Å². The van der Waals surface area contributed by atoms with Crippen molar-refractivity contribution in [2.24, 2.45) is 5.92 Å². The Hall–Kier alpha value is -0.680. The molecule has 0 bridgehead atoms. The van der Waals surface area contributed by atoms with E-state index in [1.165, 1.54) is 6.07 Å². The number of halogens is 2. The van der Waals surface area contributed by atoms with Gasteiger partial charge in [-0.2, -0.15) is 0 Å². The number of anilines is 1. The number of nitrogens with zero attached hydrogens (tertiary/aromatic N) is 1. The van der Waals surface area contributed by atoms with Gasteiger partial charge >= 0.3 is 0 Å². The fourth-order valence-electron chi connectivity index (χ4n) is 2.59. The van der Waals surface area contributed by atoms with Gasteiger partial charge in [0.25, 0.3) is 0 Å². The molecule has 1 aromatic heterocycles. The Morgan fingerprint density at radius 2 is 2.44 bits per heavy atom. The minimum Gasteiger partial charge on any atom is -0.388 e. The molecule has 0 amide bonds. The SMILES string of the molecule is CC1CCCC(O)(CNc2ncc(Br)cc2F)C1. The van der Waals surface area contributed by atoms with Gasteiger partial charge in [-0.05, 0) is 40.8 Å². The van der Waals surface area contributed by atoms with Crippen LogP contribution in [0.15, 0.2) is 16.7 Å². The standard InChI is InChI=1S/C13H18BrFN2O/c1-9-3-2-4-13(18,6-9)8-17-12-11(15)5-10(14)7-16-12/h5,7,9,18H,2-4,6,8H2,1H3,(H,16,17). The van der Waals surface area contributed by atoms with Crippen LogP contribution in [0.25, 0.3) is 0 Å². The average Bonchev–Trinajstić information content (AvgIpc) is 2.27. The summed E-state index contributed by atoms with van der Waals surface area (Å²) in [6.45, 7) is 2.49. The van der Waals surface area contributed by atoms with E-state index >= 15 is 0 Å². The zero-order valence-electron chi connectivity index (χ0n) is 10.4. The summed E-state index contributed by atoms with van der Waals surface area (Å²) < 4.78 is 14.2. The van der Waals surface area contributed by atoms with Crippen molar-refractivity contribution >= 4 is 21.7 Å². The maximum absolute atomic E-state index is 13.6. The summed E-state index contributed by atoms with van der Waals surface area (Å²) in [7, 11) is 0. The number of hydrogen-bond donors (Lipinski definition) is 2. The molecule has 3 nitrogen and oxygen atoms in total. The maximum Gasteiger partial charge on any atom is 0.166 e. The van der Waals surface area contributed by atoms with Crippen LogP contribution in [0.3, 0.4) is 0 Å². The van der Waals surface area contributed by atoms with Crippen LogP contribution in [0.1, 0.15) is 32.6 Å². The van der Waals surface area contributed by atoms with Crippen molar-refractivity contribution in [1.29, 1.82) is 0 Å². The number of hydrogen-bond acceptors (Lipinski definition) is 3. The second-order valence-electron chi connectivity index (χ2n) is 5.26. The van der Waals surface area contributed by atoms with Crippen molar-refractivity contribution in [2.45, 2.75) is 38.2 Å². The van der Waals surface area contributed by atoms with Gasteiger partial charge in [0.1, 0.15) is 0 Å². The lowest BCUT2D eigenvalue weighted by molar-refractivity contribution is -0.000871. The van der Waals surface area contributed by atoms with E-state index < -0.39 is 11.4 Å². The molecule has 2 unspecified atom stereocenters. The van der Waals surface area contributed by atoms with E-state index in [0.717, 1.165) is 25.7 Å². The second-order valence-corrected chi connectivity index (χ2v) is 6.18. The van der Waals surface area contributed by atoms with Crippen LogP contribution in [0.5, 0.6) is 0 Å². The molecule has 0 aromatic carbocycles. The van der Waals surface area contributed by atoms with Crippen LogP contribution in [-0.4, -0.2) is 22.2 Å². The van der Waals surface area contributed by atoms with Crippen molar-refractivity contribution in [3.8, 4) is 0 Å². The van der Waals surface area contributed by atoms with Crippen LogP contribution in [-0.2, 0) is 0 Å². The summed E-state index contributed by atoms with van der Waals surface area (Å²) in [5, 5.41) is 13.3. The van der Waals surface area contributed by atoms with Crippen LogP contribution in [0.2, 0.25) is 0 Å². The van der Waals surface area contributed by atoms with Gasteiger partial charge in [0.2, 0.25) is 0 Å². The number of aliphatic hydroxyl groups is 1. The predicted octanol–water partition coefficient (Wildman–Crippen LogP) is 3.34. The van der Waals surface area contributed by atoms with Crippen molar-refractivity contribution in [3.05, 3.63) is 22.6 Å². The van der Waals surface area contributed by atoms with E-state index in [-0.39, 0.29) is 5.82 Å². The second kappa shape index (κ2) is 5.53. The third kappa shape index (κ3) is 3.42. The molecule has 5 heteroatoms. The zero-order valence-corrected chi connectivity index (χ0v) is 12.0. The van der Waals surface area contributed by atoms with Crippen molar-refractivity contribution in [2.75, 3.05) is 11.9 Å². The lowest BCUT2D eigenvalue weighted by atomic mass is 9.79. The van der Waals surface area contributed by atoms with Crippen molar-refractivity contribution < 1.29 is 9.50 Å². The summed E-state index contributed by atoms with van der Waals surface area (Å²) in [4.78, 5) is 3.97. The molecule has 1 aliphatic rings. The van der Waals surface area contributed by atoms with Gasteiger partial charge in [0.15, 0.2) is 11.6 Å². The Morgan fingerprint density at radius 1 is 1.67 bits per heavy atom. The van der Waals surface area contributed by atoms with E-state index in [2.05, 4.69) is 33.2 Å². The molecule has 2 atom stereocenters. The lowest BCUT2D eigenvalue weighted by Crippen LogP contribution is -2.41.